The fourth-order valence-corrected chi connectivity index (χ4v) is 1.40. The van der Waals surface area contributed by atoms with E-state index in [-0.39, 0.29) is 6.04 Å². The van der Waals surface area contributed by atoms with E-state index in [0.717, 1.165) is 11.5 Å². The molecule has 2 rings (SSSR count). The Morgan fingerprint density at radius 2 is 1.81 bits per heavy atom. The van der Waals surface area contributed by atoms with E-state index in [1.165, 1.54) is 0 Å². The van der Waals surface area contributed by atoms with Gasteiger partial charge in [-0.25, -0.2) is 9.97 Å². The number of nitrogens with zero attached hydrogens (tertiary/aromatic N) is 3. The molecule has 0 radical (unpaired) electrons. The summed E-state index contributed by atoms with van der Waals surface area (Å²) in [6, 6.07) is 7.91. The molecule has 0 aromatic carbocycles. The molecule has 16 heavy (non-hydrogen) atoms. The molecule has 4 nitrogen and oxygen atoms in total. The van der Waals surface area contributed by atoms with Crippen LogP contribution in [-0.2, 0) is 6.54 Å². The molecule has 2 aromatic rings. The largest absolute Gasteiger partial charge is 0.302 e. The lowest BCUT2D eigenvalue weighted by Crippen LogP contribution is -2.20. The summed E-state index contributed by atoms with van der Waals surface area (Å²) in [5.41, 5.74) is 1.03. The summed E-state index contributed by atoms with van der Waals surface area (Å²) < 4.78 is 0. The van der Waals surface area contributed by atoms with Gasteiger partial charge in [-0.15, -0.1) is 0 Å². The lowest BCUT2D eigenvalue weighted by atomic mass is 10.2. The van der Waals surface area contributed by atoms with Crippen LogP contribution in [-0.4, -0.2) is 15.0 Å². The molecule has 0 aliphatic carbocycles. The lowest BCUT2D eigenvalue weighted by molar-refractivity contribution is 0.547. The highest BCUT2D eigenvalue weighted by molar-refractivity contribution is 5.07. The van der Waals surface area contributed by atoms with Gasteiger partial charge in [-0.3, -0.25) is 4.98 Å². The summed E-state index contributed by atoms with van der Waals surface area (Å²) in [5, 5.41) is 3.33. The Hall–Kier alpha value is -1.81. The summed E-state index contributed by atoms with van der Waals surface area (Å²) in [6.07, 6.45) is 5.29. The smallest absolute Gasteiger partial charge is 0.141 e. The summed E-state index contributed by atoms with van der Waals surface area (Å²) in [7, 11) is 0. The summed E-state index contributed by atoms with van der Waals surface area (Å²) >= 11 is 0. The minimum Gasteiger partial charge on any atom is -0.302 e. The number of rotatable bonds is 4. The van der Waals surface area contributed by atoms with Crippen molar-refractivity contribution < 1.29 is 0 Å². The average molecular weight is 214 g/mol. The third kappa shape index (κ3) is 2.84. The molecule has 0 aliphatic heterocycles. The van der Waals surface area contributed by atoms with Gasteiger partial charge in [0.25, 0.3) is 0 Å². The van der Waals surface area contributed by atoms with Crippen LogP contribution in [0, 0.1) is 0 Å². The Balaban J connectivity index is 1.92. The van der Waals surface area contributed by atoms with E-state index < -0.39 is 0 Å². The molecule has 0 spiro atoms. The molecular formula is C12H14N4. The number of pyridine rings is 1. The van der Waals surface area contributed by atoms with Gasteiger partial charge in [0.15, 0.2) is 0 Å². The molecule has 0 aliphatic rings. The van der Waals surface area contributed by atoms with Crippen LogP contribution in [0.3, 0.4) is 0 Å². The summed E-state index contributed by atoms with van der Waals surface area (Å²) in [6.45, 7) is 2.73. The first-order valence-corrected chi connectivity index (χ1v) is 5.26. The number of nitrogens with one attached hydrogen (secondary N) is 1. The van der Waals surface area contributed by atoms with E-state index in [1.807, 2.05) is 24.3 Å². The van der Waals surface area contributed by atoms with Crippen molar-refractivity contribution in [2.75, 3.05) is 0 Å². The Bertz CT molecular complexity index is 416. The zero-order chi connectivity index (χ0) is 11.2. The number of hydrogen-bond acceptors (Lipinski definition) is 4. The van der Waals surface area contributed by atoms with E-state index in [9.17, 15) is 0 Å². The van der Waals surface area contributed by atoms with Crippen molar-refractivity contribution >= 4 is 0 Å². The van der Waals surface area contributed by atoms with Crippen LogP contribution in [0.25, 0.3) is 0 Å². The van der Waals surface area contributed by atoms with Gasteiger partial charge in [0.05, 0.1) is 12.2 Å². The van der Waals surface area contributed by atoms with E-state index >= 15 is 0 Å². The molecule has 1 N–H and O–H groups in total. The molecule has 0 bridgehead atoms. The Labute approximate surface area is 94.8 Å². The van der Waals surface area contributed by atoms with Crippen LogP contribution in [0.15, 0.2) is 42.9 Å². The first-order valence-electron chi connectivity index (χ1n) is 5.26. The van der Waals surface area contributed by atoms with Crippen LogP contribution >= 0.6 is 0 Å². The third-order valence-corrected chi connectivity index (χ3v) is 2.32. The maximum absolute atomic E-state index is 4.29. The zero-order valence-corrected chi connectivity index (χ0v) is 9.17. The van der Waals surface area contributed by atoms with Gasteiger partial charge in [-0.2, -0.15) is 0 Å². The number of aromatic nitrogens is 3. The predicted octanol–water partition coefficient (Wildman–Crippen LogP) is 1.72. The molecular weight excluding hydrogens is 200 g/mol. The fraction of sp³-hybridized carbons (Fsp3) is 0.250. The maximum Gasteiger partial charge on any atom is 0.141 e. The molecule has 0 saturated carbocycles. The van der Waals surface area contributed by atoms with Crippen LogP contribution in [0.5, 0.6) is 0 Å². The highest BCUT2D eigenvalue weighted by Crippen LogP contribution is 2.07. The molecule has 0 unspecified atom stereocenters. The number of hydrogen-bond donors (Lipinski definition) is 1. The first kappa shape index (κ1) is 10.7. The van der Waals surface area contributed by atoms with E-state index in [1.54, 1.807) is 18.6 Å². The van der Waals surface area contributed by atoms with Gasteiger partial charge in [-0.05, 0) is 25.1 Å². The van der Waals surface area contributed by atoms with Crippen LogP contribution in [0.2, 0.25) is 0 Å². The van der Waals surface area contributed by atoms with Gasteiger partial charge >= 0.3 is 0 Å². The minimum absolute atomic E-state index is 0.199. The topological polar surface area (TPSA) is 50.7 Å². The second-order valence-corrected chi connectivity index (χ2v) is 3.52. The molecule has 0 amide bonds. The second-order valence-electron chi connectivity index (χ2n) is 3.52. The Morgan fingerprint density at radius 1 is 1.06 bits per heavy atom. The zero-order valence-electron chi connectivity index (χ0n) is 9.17. The van der Waals surface area contributed by atoms with Gasteiger partial charge in [0, 0.05) is 24.6 Å². The lowest BCUT2D eigenvalue weighted by Gasteiger charge is -2.11. The quantitative estimate of drug-likeness (QED) is 0.842. The van der Waals surface area contributed by atoms with Crippen molar-refractivity contribution in [2.45, 2.75) is 19.5 Å². The van der Waals surface area contributed by atoms with Crippen molar-refractivity contribution in [1.82, 2.24) is 20.3 Å². The van der Waals surface area contributed by atoms with Gasteiger partial charge in [0.2, 0.25) is 0 Å². The SMILES string of the molecule is C[C@@H](NCc1ncccn1)c1ccccn1. The van der Waals surface area contributed by atoms with Gasteiger partial charge in [0.1, 0.15) is 5.82 Å². The Morgan fingerprint density at radius 3 is 2.50 bits per heavy atom. The van der Waals surface area contributed by atoms with Gasteiger partial charge < -0.3 is 5.32 Å². The first-order chi connectivity index (χ1) is 7.86. The third-order valence-electron chi connectivity index (χ3n) is 2.32. The highest BCUT2D eigenvalue weighted by Gasteiger charge is 2.05. The second kappa shape index (κ2) is 5.32. The molecule has 1 atom stereocenters. The minimum atomic E-state index is 0.199. The molecule has 0 fully saturated rings. The van der Waals surface area contributed by atoms with E-state index in [2.05, 4.69) is 27.2 Å². The monoisotopic (exact) mass is 214 g/mol. The average Bonchev–Trinajstić information content (AvgIpc) is 2.38. The highest BCUT2D eigenvalue weighted by atomic mass is 15.0. The Kier molecular flexibility index (Phi) is 3.56. The van der Waals surface area contributed by atoms with Gasteiger partial charge in [-0.1, -0.05) is 6.07 Å². The maximum atomic E-state index is 4.29. The van der Waals surface area contributed by atoms with Crippen molar-refractivity contribution in [2.24, 2.45) is 0 Å². The normalized spacial score (nSPS) is 12.3. The molecule has 0 saturated heterocycles. The predicted molar refractivity (Wildman–Crippen MR) is 61.5 cm³/mol. The fourth-order valence-electron chi connectivity index (χ4n) is 1.40. The van der Waals surface area contributed by atoms with Crippen molar-refractivity contribution in [3.05, 3.63) is 54.4 Å². The van der Waals surface area contributed by atoms with Crippen LogP contribution < -0.4 is 5.32 Å². The molecule has 82 valence electrons. The molecule has 4 heteroatoms. The standard InChI is InChI=1S/C12H14N4/c1-10(11-5-2-3-6-13-11)16-9-12-14-7-4-8-15-12/h2-8,10,16H,9H2,1H3/t10-/m1/s1. The van der Waals surface area contributed by atoms with Crippen molar-refractivity contribution in [3.63, 3.8) is 0 Å². The summed E-state index contributed by atoms with van der Waals surface area (Å²) in [5.74, 6) is 0.797. The van der Waals surface area contributed by atoms with Crippen LogP contribution in [0.1, 0.15) is 24.5 Å². The van der Waals surface area contributed by atoms with E-state index in [0.29, 0.717) is 6.54 Å². The van der Waals surface area contributed by atoms with Crippen LogP contribution in [0.4, 0.5) is 0 Å². The molecule has 2 heterocycles. The van der Waals surface area contributed by atoms with Crippen molar-refractivity contribution in [3.8, 4) is 0 Å². The molecule has 2 aromatic heterocycles. The van der Waals surface area contributed by atoms with E-state index in [4.69, 9.17) is 0 Å². The van der Waals surface area contributed by atoms with Crippen molar-refractivity contribution in [1.29, 1.82) is 0 Å². The summed E-state index contributed by atoms with van der Waals surface area (Å²) in [4.78, 5) is 12.6.